The molecule has 0 saturated heterocycles. The maximum atomic E-state index is 10.1. The van der Waals surface area contributed by atoms with E-state index in [-0.39, 0.29) is 12.2 Å². The molecule has 5 heteroatoms. The lowest BCUT2D eigenvalue weighted by atomic mass is 10.4. The minimum atomic E-state index is -0.949. The van der Waals surface area contributed by atoms with Crippen LogP contribution in [0.5, 0.6) is 0 Å². The number of aliphatic carboxylic acids is 1. The molecule has 0 aliphatic heterocycles. The van der Waals surface area contributed by atoms with Gasteiger partial charge in [-0.2, -0.15) is 0 Å². The number of carboxylic acids is 1. The molecule has 3 N–H and O–H groups in total. The van der Waals surface area contributed by atoms with E-state index in [2.05, 4.69) is 9.97 Å². The first kappa shape index (κ1) is 7.46. The highest BCUT2D eigenvalue weighted by Crippen LogP contribution is 1.96. The van der Waals surface area contributed by atoms with Crippen molar-refractivity contribution >= 4 is 11.7 Å². The monoisotopic (exact) mass is 153 g/mol. The number of anilines is 1. The van der Waals surface area contributed by atoms with Crippen molar-refractivity contribution in [3.8, 4) is 0 Å². The summed E-state index contributed by atoms with van der Waals surface area (Å²) in [5.74, 6) is -0.679. The van der Waals surface area contributed by atoms with Gasteiger partial charge in [0, 0.05) is 0 Å². The molecule has 11 heavy (non-hydrogen) atoms. The van der Waals surface area contributed by atoms with E-state index in [9.17, 15) is 4.79 Å². The minimum Gasteiger partial charge on any atom is -0.481 e. The van der Waals surface area contributed by atoms with Crippen molar-refractivity contribution in [3.05, 3.63) is 18.2 Å². The molecule has 0 fully saturated rings. The van der Waals surface area contributed by atoms with Crippen LogP contribution >= 0.6 is 0 Å². The second kappa shape index (κ2) is 2.96. The molecular weight excluding hydrogens is 146 g/mol. The number of hydrogen-bond acceptors (Lipinski definition) is 4. The van der Waals surface area contributed by atoms with Gasteiger partial charge < -0.3 is 10.8 Å². The van der Waals surface area contributed by atoms with E-state index >= 15 is 0 Å². The second-order valence-corrected chi connectivity index (χ2v) is 2.00. The molecule has 0 unspecified atom stereocenters. The Kier molecular flexibility index (Phi) is 2.00. The Morgan fingerprint density at radius 1 is 1.55 bits per heavy atom. The van der Waals surface area contributed by atoms with Crippen molar-refractivity contribution in [2.75, 3.05) is 5.73 Å². The van der Waals surface area contributed by atoms with Crippen LogP contribution in [0, 0.1) is 0 Å². The molecule has 0 spiro atoms. The molecule has 0 aliphatic rings. The Morgan fingerprint density at radius 2 is 2.09 bits per heavy atom. The molecule has 0 amide bonds. The smallest absolute Gasteiger partial charge is 0.311 e. The van der Waals surface area contributed by atoms with Crippen LogP contribution in [0.3, 0.4) is 0 Å². The summed E-state index contributed by atoms with van der Waals surface area (Å²) < 4.78 is 0. The van der Waals surface area contributed by atoms with Gasteiger partial charge in [-0.3, -0.25) is 4.79 Å². The Labute approximate surface area is 62.9 Å². The van der Waals surface area contributed by atoms with Gasteiger partial charge in [-0.25, -0.2) is 9.97 Å². The van der Waals surface area contributed by atoms with E-state index in [0.29, 0.717) is 5.69 Å². The lowest BCUT2D eigenvalue weighted by Crippen LogP contribution is -2.04. The van der Waals surface area contributed by atoms with Gasteiger partial charge in [-0.1, -0.05) is 0 Å². The summed E-state index contributed by atoms with van der Waals surface area (Å²) in [5, 5.41) is 8.32. The van der Waals surface area contributed by atoms with E-state index in [0.717, 1.165) is 0 Å². The van der Waals surface area contributed by atoms with Crippen LogP contribution in [0.4, 0.5) is 5.69 Å². The molecule has 0 aliphatic carbocycles. The van der Waals surface area contributed by atoms with E-state index in [1.165, 1.54) is 12.4 Å². The summed E-state index contributed by atoms with van der Waals surface area (Å²) >= 11 is 0. The highest BCUT2D eigenvalue weighted by atomic mass is 16.4. The molecule has 1 aromatic rings. The molecule has 0 aromatic carbocycles. The van der Waals surface area contributed by atoms with Crippen molar-refractivity contribution in [3.63, 3.8) is 0 Å². The van der Waals surface area contributed by atoms with E-state index in [1.54, 1.807) is 0 Å². The molecular formula is C6H7N3O2. The number of hydrogen-bond donors (Lipinski definition) is 2. The number of rotatable bonds is 2. The van der Waals surface area contributed by atoms with Crippen molar-refractivity contribution in [2.24, 2.45) is 0 Å². The first-order valence-electron chi connectivity index (χ1n) is 2.96. The lowest BCUT2D eigenvalue weighted by molar-refractivity contribution is -0.136. The van der Waals surface area contributed by atoms with Crippen LogP contribution in [-0.2, 0) is 11.2 Å². The Hall–Kier alpha value is -1.65. The predicted octanol–water partition coefficient (Wildman–Crippen LogP) is -0.314. The number of nitrogens with two attached hydrogens (primary N) is 1. The number of nitrogens with zero attached hydrogens (tertiary/aromatic N) is 2. The van der Waals surface area contributed by atoms with Crippen molar-refractivity contribution in [2.45, 2.75) is 6.42 Å². The lowest BCUT2D eigenvalue weighted by Gasteiger charge is -1.94. The third kappa shape index (κ3) is 2.21. The number of aromatic nitrogens is 2. The standard InChI is InChI=1S/C6H7N3O2/c7-4-2-8-5(9-3-4)1-6(10)11/h2-3H,1,7H2,(H,10,11). The van der Waals surface area contributed by atoms with E-state index < -0.39 is 5.97 Å². The summed E-state index contributed by atoms with van der Waals surface area (Å²) in [4.78, 5) is 17.5. The first-order chi connectivity index (χ1) is 5.18. The van der Waals surface area contributed by atoms with Crippen LogP contribution < -0.4 is 5.73 Å². The average molecular weight is 153 g/mol. The molecule has 1 rings (SSSR count). The molecule has 1 aromatic heterocycles. The fraction of sp³-hybridized carbons (Fsp3) is 0.167. The van der Waals surface area contributed by atoms with Crippen LogP contribution in [0.1, 0.15) is 5.82 Å². The highest BCUT2D eigenvalue weighted by Gasteiger charge is 2.01. The molecule has 0 radical (unpaired) electrons. The summed E-state index contributed by atoms with van der Waals surface area (Å²) in [5.41, 5.74) is 5.71. The van der Waals surface area contributed by atoms with E-state index in [4.69, 9.17) is 10.8 Å². The van der Waals surface area contributed by atoms with Crippen molar-refractivity contribution < 1.29 is 9.90 Å². The van der Waals surface area contributed by atoms with Gasteiger partial charge in [0.2, 0.25) is 0 Å². The summed E-state index contributed by atoms with van der Waals surface area (Å²) in [6.45, 7) is 0. The molecule has 0 saturated carbocycles. The van der Waals surface area contributed by atoms with Crippen LogP contribution in [0.25, 0.3) is 0 Å². The zero-order chi connectivity index (χ0) is 8.27. The molecule has 58 valence electrons. The Balaban J connectivity index is 2.74. The quantitative estimate of drug-likeness (QED) is 0.608. The number of nitrogen functional groups attached to an aromatic ring is 1. The summed E-state index contributed by atoms with van der Waals surface area (Å²) in [7, 11) is 0. The van der Waals surface area contributed by atoms with Gasteiger partial charge in [0.05, 0.1) is 18.1 Å². The summed E-state index contributed by atoms with van der Waals surface area (Å²) in [6.07, 6.45) is 2.59. The second-order valence-electron chi connectivity index (χ2n) is 2.00. The third-order valence-electron chi connectivity index (χ3n) is 1.03. The van der Waals surface area contributed by atoms with Crippen molar-refractivity contribution in [1.29, 1.82) is 0 Å². The predicted molar refractivity (Wildman–Crippen MR) is 37.8 cm³/mol. The third-order valence-corrected chi connectivity index (χ3v) is 1.03. The fourth-order valence-electron chi connectivity index (χ4n) is 0.591. The first-order valence-corrected chi connectivity index (χ1v) is 2.96. The fourth-order valence-corrected chi connectivity index (χ4v) is 0.591. The van der Waals surface area contributed by atoms with Crippen molar-refractivity contribution in [1.82, 2.24) is 9.97 Å². The number of carbonyl (C=O) groups is 1. The highest BCUT2D eigenvalue weighted by molar-refractivity contribution is 5.68. The normalized spacial score (nSPS) is 9.45. The van der Waals surface area contributed by atoms with E-state index in [1.807, 2.05) is 0 Å². The molecule has 0 bridgehead atoms. The maximum absolute atomic E-state index is 10.1. The van der Waals surface area contributed by atoms with Gasteiger partial charge in [-0.15, -0.1) is 0 Å². The van der Waals surface area contributed by atoms with Gasteiger partial charge in [0.15, 0.2) is 0 Å². The van der Waals surface area contributed by atoms with Gasteiger partial charge >= 0.3 is 5.97 Å². The summed E-state index contributed by atoms with van der Waals surface area (Å²) in [6, 6.07) is 0. The molecule has 0 atom stereocenters. The van der Waals surface area contributed by atoms with Gasteiger partial charge in [0.25, 0.3) is 0 Å². The van der Waals surface area contributed by atoms with Crippen LogP contribution in [-0.4, -0.2) is 21.0 Å². The topological polar surface area (TPSA) is 89.1 Å². The SMILES string of the molecule is Nc1cnc(CC(=O)O)nc1. The zero-order valence-electron chi connectivity index (χ0n) is 5.69. The largest absolute Gasteiger partial charge is 0.481 e. The Morgan fingerprint density at radius 3 is 2.55 bits per heavy atom. The van der Waals surface area contributed by atoms with Crippen LogP contribution in [0.15, 0.2) is 12.4 Å². The molecule has 5 nitrogen and oxygen atoms in total. The minimum absolute atomic E-state index is 0.166. The average Bonchev–Trinajstić information content (AvgIpc) is 1.93. The van der Waals surface area contributed by atoms with Gasteiger partial charge in [-0.05, 0) is 0 Å². The number of carboxylic acid groups (broad SMARTS) is 1. The Bertz CT molecular complexity index is 257. The van der Waals surface area contributed by atoms with Gasteiger partial charge in [0.1, 0.15) is 12.2 Å². The molecule has 1 heterocycles. The maximum Gasteiger partial charge on any atom is 0.311 e. The van der Waals surface area contributed by atoms with Crippen LogP contribution in [0.2, 0.25) is 0 Å². The zero-order valence-corrected chi connectivity index (χ0v) is 5.69.